The van der Waals surface area contributed by atoms with Gasteiger partial charge in [-0.05, 0) is 24.3 Å². The number of pyridine rings is 1. The zero-order valence-electron chi connectivity index (χ0n) is 11.9. The molecule has 1 aromatic heterocycles. The molecule has 1 heterocycles. The number of hydrogen-bond donors (Lipinski definition) is 2. The lowest BCUT2D eigenvalue weighted by Gasteiger charge is -2.11. The van der Waals surface area contributed by atoms with E-state index < -0.39 is 28.3 Å². The van der Waals surface area contributed by atoms with Gasteiger partial charge in [-0.2, -0.15) is 13.2 Å². The number of hydrogen-bond acceptors (Lipinski definition) is 5. The van der Waals surface area contributed by atoms with Crippen LogP contribution in [0.3, 0.4) is 0 Å². The molecule has 0 radical (unpaired) electrons. The lowest BCUT2D eigenvalue weighted by atomic mass is 10.1. The number of nitrogens with zero attached hydrogens (tertiary/aromatic N) is 2. The van der Waals surface area contributed by atoms with Gasteiger partial charge in [0, 0.05) is 11.6 Å². The quantitative estimate of drug-likeness (QED) is 0.462. The topological polar surface area (TPSA) is 97.2 Å². The van der Waals surface area contributed by atoms with E-state index in [1.165, 1.54) is 12.1 Å². The Labute approximate surface area is 147 Å². The molecule has 0 saturated heterocycles. The summed E-state index contributed by atoms with van der Waals surface area (Å²) in [5, 5.41) is 10.8. The van der Waals surface area contributed by atoms with Crippen molar-refractivity contribution in [1.29, 1.82) is 0 Å². The molecule has 0 spiro atoms. The minimum absolute atomic E-state index is 0.00735. The minimum atomic E-state index is -4.74. The summed E-state index contributed by atoms with van der Waals surface area (Å²) in [7, 11) is 0. The number of aromatic nitrogens is 1. The van der Waals surface area contributed by atoms with Crippen LogP contribution in [0.4, 0.5) is 24.5 Å². The smallest absolute Gasteiger partial charge is 0.292 e. The fourth-order valence-electron chi connectivity index (χ4n) is 1.76. The Hall–Kier alpha value is -2.59. The average Bonchev–Trinajstić information content (AvgIpc) is 2.50. The van der Waals surface area contributed by atoms with Crippen molar-refractivity contribution in [3.63, 3.8) is 0 Å². The van der Waals surface area contributed by atoms with E-state index >= 15 is 0 Å². The zero-order valence-corrected chi connectivity index (χ0v) is 13.4. The number of carbonyl (C=O) groups excluding carboxylic acids is 1. The van der Waals surface area contributed by atoms with Crippen LogP contribution < -0.4 is 10.9 Å². The summed E-state index contributed by atoms with van der Waals surface area (Å²) in [5.41, 5.74) is 1.90. The maximum Gasteiger partial charge on any atom is 0.416 e. The van der Waals surface area contributed by atoms with Crippen molar-refractivity contribution in [1.82, 2.24) is 10.4 Å². The highest BCUT2D eigenvalue weighted by atomic mass is 35.5. The van der Waals surface area contributed by atoms with Gasteiger partial charge in [0.15, 0.2) is 0 Å². The van der Waals surface area contributed by atoms with E-state index in [1.54, 1.807) is 0 Å². The summed E-state index contributed by atoms with van der Waals surface area (Å²) in [6.07, 6.45) is -4.74. The number of halogens is 5. The van der Waals surface area contributed by atoms with Crippen molar-refractivity contribution in [2.45, 2.75) is 6.18 Å². The SMILES string of the molecule is O=C(NNc1ccc(C(F)(F)F)cc1[N+](=O)[O-])c1cc(Cl)nc(Cl)c1. The molecule has 0 saturated carbocycles. The maximum atomic E-state index is 12.6. The van der Waals surface area contributed by atoms with E-state index in [1.807, 2.05) is 0 Å². The fraction of sp³-hybridized carbons (Fsp3) is 0.0769. The van der Waals surface area contributed by atoms with Crippen LogP contribution in [-0.2, 0) is 6.18 Å². The lowest BCUT2D eigenvalue weighted by Crippen LogP contribution is -2.29. The predicted octanol–water partition coefficient (Wildman–Crippen LogP) is 4.07. The van der Waals surface area contributed by atoms with Crippen molar-refractivity contribution in [3.05, 3.63) is 61.9 Å². The third kappa shape index (κ3) is 4.70. The first-order valence-corrected chi connectivity index (χ1v) is 7.08. The highest BCUT2D eigenvalue weighted by Crippen LogP contribution is 2.34. The van der Waals surface area contributed by atoms with Crippen molar-refractivity contribution in [3.8, 4) is 0 Å². The Morgan fingerprint density at radius 3 is 2.28 bits per heavy atom. The first-order chi connectivity index (χ1) is 11.6. The number of nitro groups is 1. The molecule has 7 nitrogen and oxygen atoms in total. The van der Waals surface area contributed by atoms with Crippen LogP contribution in [0.5, 0.6) is 0 Å². The molecule has 0 atom stereocenters. The Kier molecular flexibility index (Phi) is 5.33. The van der Waals surface area contributed by atoms with Crippen molar-refractivity contribution < 1.29 is 22.9 Å². The fourth-order valence-corrected chi connectivity index (χ4v) is 2.22. The van der Waals surface area contributed by atoms with Crippen molar-refractivity contribution in [2.24, 2.45) is 0 Å². The van der Waals surface area contributed by atoms with Crippen LogP contribution in [0.25, 0.3) is 0 Å². The Bertz CT molecular complexity index is 826. The maximum absolute atomic E-state index is 12.6. The molecular weight excluding hydrogens is 388 g/mol. The second-order valence-corrected chi connectivity index (χ2v) is 5.34. The monoisotopic (exact) mass is 394 g/mol. The van der Waals surface area contributed by atoms with Crippen molar-refractivity contribution >= 4 is 40.5 Å². The third-order valence-electron chi connectivity index (χ3n) is 2.86. The number of amides is 1. The lowest BCUT2D eigenvalue weighted by molar-refractivity contribution is -0.384. The van der Waals surface area contributed by atoms with Crippen LogP contribution in [0.2, 0.25) is 10.3 Å². The van der Waals surface area contributed by atoms with E-state index in [-0.39, 0.29) is 21.6 Å². The summed E-state index contributed by atoms with van der Waals surface area (Å²) in [4.78, 5) is 25.5. The van der Waals surface area contributed by atoms with Gasteiger partial charge < -0.3 is 0 Å². The summed E-state index contributed by atoms with van der Waals surface area (Å²) in [6.45, 7) is 0. The summed E-state index contributed by atoms with van der Waals surface area (Å²) >= 11 is 11.3. The summed E-state index contributed by atoms with van der Waals surface area (Å²) in [6, 6.07) is 4.20. The number of carbonyl (C=O) groups is 1. The molecule has 132 valence electrons. The number of nitro benzene ring substituents is 1. The van der Waals surface area contributed by atoms with E-state index in [0.717, 1.165) is 6.07 Å². The molecule has 2 rings (SSSR count). The van der Waals surface area contributed by atoms with Crippen LogP contribution >= 0.6 is 23.2 Å². The molecule has 0 aliphatic carbocycles. The number of benzene rings is 1. The van der Waals surface area contributed by atoms with E-state index in [0.29, 0.717) is 12.1 Å². The predicted molar refractivity (Wildman–Crippen MR) is 83.4 cm³/mol. The van der Waals surface area contributed by atoms with Gasteiger partial charge in [-0.3, -0.25) is 25.8 Å². The molecule has 0 fully saturated rings. The van der Waals surface area contributed by atoms with Gasteiger partial charge in [-0.15, -0.1) is 0 Å². The van der Waals surface area contributed by atoms with E-state index in [9.17, 15) is 28.1 Å². The molecule has 0 bridgehead atoms. The summed E-state index contributed by atoms with van der Waals surface area (Å²) < 4.78 is 37.9. The van der Waals surface area contributed by atoms with Crippen molar-refractivity contribution in [2.75, 3.05) is 5.43 Å². The van der Waals surface area contributed by atoms with Gasteiger partial charge in [-0.25, -0.2) is 4.98 Å². The highest BCUT2D eigenvalue weighted by molar-refractivity contribution is 6.33. The normalized spacial score (nSPS) is 11.1. The number of rotatable bonds is 4. The Morgan fingerprint density at radius 2 is 1.76 bits per heavy atom. The van der Waals surface area contributed by atoms with Gasteiger partial charge in [0.2, 0.25) is 0 Å². The first kappa shape index (κ1) is 18.7. The molecule has 2 aromatic rings. The second kappa shape index (κ2) is 7.11. The van der Waals surface area contributed by atoms with Crippen LogP contribution in [-0.4, -0.2) is 15.8 Å². The molecule has 0 aliphatic rings. The van der Waals surface area contributed by atoms with Gasteiger partial charge in [0.25, 0.3) is 11.6 Å². The highest BCUT2D eigenvalue weighted by Gasteiger charge is 2.33. The van der Waals surface area contributed by atoms with Gasteiger partial charge in [0.1, 0.15) is 16.0 Å². The number of hydrazine groups is 1. The largest absolute Gasteiger partial charge is 0.416 e. The second-order valence-electron chi connectivity index (χ2n) is 4.57. The number of nitrogens with one attached hydrogen (secondary N) is 2. The third-order valence-corrected chi connectivity index (χ3v) is 3.24. The molecule has 1 amide bonds. The molecule has 0 aliphatic heterocycles. The van der Waals surface area contributed by atoms with Crippen LogP contribution in [0, 0.1) is 10.1 Å². The molecule has 25 heavy (non-hydrogen) atoms. The van der Waals surface area contributed by atoms with E-state index in [4.69, 9.17) is 23.2 Å². The number of anilines is 1. The summed E-state index contributed by atoms with van der Waals surface area (Å²) in [5.74, 6) is -0.777. The van der Waals surface area contributed by atoms with Crippen LogP contribution in [0.1, 0.15) is 15.9 Å². The molecule has 1 aromatic carbocycles. The molecule has 0 unspecified atom stereocenters. The standard InChI is InChI=1S/C13H7Cl2F3N4O3/c14-10-3-6(4-11(15)19-10)12(23)21-20-8-2-1-7(13(16,17)18)5-9(8)22(24)25/h1-5,20H,(H,21,23). The van der Waals surface area contributed by atoms with E-state index in [2.05, 4.69) is 15.8 Å². The Balaban J connectivity index is 2.22. The minimum Gasteiger partial charge on any atom is -0.292 e. The molecular formula is C13H7Cl2F3N4O3. The van der Waals surface area contributed by atoms with Gasteiger partial charge in [0.05, 0.1) is 10.5 Å². The Morgan fingerprint density at radius 1 is 1.16 bits per heavy atom. The van der Waals surface area contributed by atoms with Crippen LogP contribution in [0.15, 0.2) is 30.3 Å². The average molecular weight is 395 g/mol. The van der Waals surface area contributed by atoms with Gasteiger partial charge in [-0.1, -0.05) is 23.2 Å². The molecule has 12 heteroatoms. The molecule has 2 N–H and O–H groups in total. The number of alkyl halides is 3. The first-order valence-electron chi connectivity index (χ1n) is 6.33. The zero-order chi connectivity index (χ0) is 18.8. The van der Waals surface area contributed by atoms with Gasteiger partial charge >= 0.3 is 6.18 Å².